The van der Waals surface area contributed by atoms with E-state index in [0.717, 1.165) is 108 Å². The smallest absolute Gasteiger partial charge is 0.336 e. The molecule has 352 valence electrons. The molecule has 2 aliphatic heterocycles. The molecule has 2 atom stereocenters. The van der Waals surface area contributed by atoms with Gasteiger partial charge in [-0.25, -0.2) is 9.59 Å². The number of nitrogens with zero attached hydrogens (tertiary/aromatic N) is 4. The number of hydrogen-bond acceptors (Lipinski definition) is 12. The number of hydrogen-bond donors (Lipinski definition) is 2. The molecule has 0 unspecified atom stereocenters. The average molecular weight is 935 g/mol. The van der Waals surface area contributed by atoms with Crippen LogP contribution in [0, 0.1) is 0 Å². The Morgan fingerprint density at radius 1 is 0.561 bits per heavy atom. The van der Waals surface area contributed by atoms with Gasteiger partial charge in [0.25, 0.3) is 11.8 Å². The van der Waals surface area contributed by atoms with Crippen molar-refractivity contribution in [3.8, 4) is 11.5 Å². The van der Waals surface area contributed by atoms with Crippen LogP contribution in [0.2, 0.25) is 0 Å². The number of nitrogens with one attached hydrogen (secondary N) is 2. The zero-order valence-corrected chi connectivity index (χ0v) is 41.4. The number of anilines is 4. The highest BCUT2D eigenvalue weighted by Crippen LogP contribution is 2.55. The lowest BCUT2D eigenvalue weighted by Crippen LogP contribution is -2.41. The Morgan fingerprint density at radius 3 is 1.30 bits per heavy atom. The maximum absolute atomic E-state index is 14.1. The minimum atomic E-state index is -0.866. The molecule has 2 heterocycles. The monoisotopic (exact) mass is 934 g/mol. The summed E-state index contributed by atoms with van der Waals surface area (Å²) in [4.78, 5) is 68.8. The average Bonchev–Trinajstić information content (AvgIpc) is 3.32. The Morgan fingerprint density at radius 2 is 0.939 bits per heavy atom. The van der Waals surface area contributed by atoms with Gasteiger partial charge < -0.3 is 39.7 Å². The minimum absolute atomic E-state index is 0.0864. The normalized spacial score (nSPS) is 13.7. The summed E-state index contributed by atoms with van der Waals surface area (Å²) in [7, 11) is 0. The van der Waals surface area contributed by atoms with Crippen molar-refractivity contribution in [1.29, 1.82) is 0 Å². The Hall–Kier alpha value is -5.28. The molecule has 4 aromatic rings. The number of esters is 2. The molecule has 0 spiro atoms. The second kappa shape index (κ2) is 24.0. The molecule has 0 aromatic heterocycles. The lowest BCUT2D eigenvalue weighted by atomic mass is 10.1. The molecule has 66 heavy (non-hydrogen) atoms. The first-order valence-corrected chi connectivity index (χ1v) is 25.2. The van der Waals surface area contributed by atoms with Crippen molar-refractivity contribution >= 4 is 70.0 Å². The number of ether oxygens (including phenoxy) is 2. The molecular weight excluding hydrogens is 869 g/mol. The van der Waals surface area contributed by atoms with Crippen LogP contribution in [0.5, 0.6) is 11.5 Å². The van der Waals surface area contributed by atoms with Crippen LogP contribution in [0.3, 0.4) is 0 Å². The summed E-state index contributed by atoms with van der Waals surface area (Å²) in [6, 6.07) is 23.2. The molecule has 0 saturated heterocycles. The van der Waals surface area contributed by atoms with Crippen LogP contribution in [-0.2, 0) is 9.59 Å². The highest BCUT2D eigenvalue weighted by molar-refractivity contribution is 8.00. The first-order chi connectivity index (χ1) is 32.0. The number of fused-ring (bicyclic) bond motifs is 4. The third kappa shape index (κ3) is 11.6. The Bertz CT molecular complexity index is 2220. The summed E-state index contributed by atoms with van der Waals surface area (Å²) >= 11 is 3.10. The molecule has 0 aliphatic carbocycles. The molecular formula is C52H66N6O6S2. The van der Waals surface area contributed by atoms with Crippen molar-refractivity contribution in [3.05, 3.63) is 96.1 Å². The van der Waals surface area contributed by atoms with Gasteiger partial charge in [-0.3, -0.25) is 9.59 Å². The van der Waals surface area contributed by atoms with Gasteiger partial charge in [0.2, 0.25) is 0 Å². The number of carbonyl (C=O) groups excluding carboxylic acids is 4. The summed E-state index contributed by atoms with van der Waals surface area (Å²) in [5.74, 6) is -2.25. The second-order valence-corrected chi connectivity index (χ2v) is 18.7. The fourth-order valence-electron chi connectivity index (χ4n) is 8.40. The summed E-state index contributed by atoms with van der Waals surface area (Å²) in [6.07, 6.45) is 5.42. The van der Waals surface area contributed by atoms with E-state index in [2.05, 4.69) is 97.8 Å². The van der Waals surface area contributed by atoms with Gasteiger partial charge in [0.1, 0.15) is 0 Å². The van der Waals surface area contributed by atoms with Crippen LogP contribution >= 0.6 is 23.5 Å². The fraction of sp³-hybridized carbons (Fsp3) is 0.423. The van der Waals surface area contributed by atoms with E-state index in [1.165, 1.54) is 0 Å². The summed E-state index contributed by atoms with van der Waals surface area (Å²) in [5.41, 5.74) is 3.52. The number of unbranched alkanes of at least 4 members (excludes halogenated alkanes) is 2. The lowest BCUT2D eigenvalue weighted by molar-refractivity contribution is -0.131. The fourth-order valence-corrected chi connectivity index (χ4v) is 10.6. The van der Waals surface area contributed by atoms with Crippen molar-refractivity contribution in [2.45, 2.75) is 113 Å². The van der Waals surface area contributed by atoms with Crippen molar-refractivity contribution in [2.75, 3.05) is 62.2 Å². The first kappa shape index (κ1) is 50.1. The van der Waals surface area contributed by atoms with E-state index in [1.807, 2.05) is 48.5 Å². The SMILES string of the molecule is CCCCNC(=O)c1ccc2c(c1OC(=O)/C=C/C(=O)Oc1c(C(=O)NCCCC)ccc3c1N([C@@H](C)CN(CC)CC)c1ccccc1S3)N([C@@H](C)CN(CC)CC)c1ccccc1S2. The number of para-hydroxylation sites is 2. The number of carbonyl (C=O) groups is 4. The largest absolute Gasteiger partial charge is 0.420 e. The Labute approximate surface area is 399 Å². The van der Waals surface area contributed by atoms with Crippen LogP contribution in [-0.4, -0.2) is 98.0 Å². The zero-order valence-electron chi connectivity index (χ0n) is 39.8. The maximum atomic E-state index is 14.1. The highest BCUT2D eigenvalue weighted by Gasteiger charge is 2.36. The molecule has 0 fully saturated rings. The van der Waals surface area contributed by atoms with Crippen LogP contribution in [0.1, 0.15) is 102 Å². The van der Waals surface area contributed by atoms with E-state index in [-0.39, 0.29) is 46.5 Å². The first-order valence-electron chi connectivity index (χ1n) is 23.6. The van der Waals surface area contributed by atoms with E-state index in [4.69, 9.17) is 9.47 Å². The van der Waals surface area contributed by atoms with Gasteiger partial charge in [-0.05, 0) is 101 Å². The van der Waals surface area contributed by atoms with Gasteiger partial charge in [-0.2, -0.15) is 0 Å². The van der Waals surface area contributed by atoms with Crippen molar-refractivity contribution in [3.63, 3.8) is 0 Å². The number of rotatable bonds is 22. The van der Waals surface area contributed by atoms with Crippen molar-refractivity contribution in [2.24, 2.45) is 0 Å². The number of amides is 2. The van der Waals surface area contributed by atoms with E-state index in [0.29, 0.717) is 24.5 Å². The molecule has 0 saturated carbocycles. The molecule has 12 nitrogen and oxygen atoms in total. The zero-order chi connectivity index (χ0) is 47.3. The van der Waals surface area contributed by atoms with E-state index in [1.54, 1.807) is 35.7 Å². The summed E-state index contributed by atoms with van der Waals surface area (Å²) in [5, 5.41) is 6.01. The standard InChI is InChI=1S/C52H66N6O6S2/c1-9-15-31-53-51(61)37-25-27-43-47(57(35(7)33-55(11-3)12-4)39-21-17-19-23-41(39)65-43)49(37)63-45(59)29-30-46(60)64-50-38(52(62)54-32-16-10-2)26-28-44-48(50)58(36(8)34-56(13-5)14-6)40-22-18-20-24-42(40)66-44/h17-30,35-36H,9-16,31-34H2,1-8H3,(H,53,61)(H,54,62)/b30-29+/t35-,36-/m0/s1. The third-order valence-corrected chi connectivity index (χ3v) is 14.2. The van der Waals surface area contributed by atoms with Gasteiger partial charge in [-0.1, -0.05) is 102 Å². The number of likely N-dealkylation sites (N-methyl/N-ethyl adjacent to an activating group) is 2. The lowest BCUT2D eigenvalue weighted by Gasteiger charge is -2.40. The molecule has 0 radical (unpaired) electrons. The van der Waals surface area contributed by atoms with Crippen molar-refractivity contribution < 1.29 is 28.7 Å². The van der Waals surface area contributed by atoms with E-state index < -0.39 is 11.9 Å². The molecule has 6 rings (SSSR count). The van der Waals surface area contributed by atoms with Gasteiger partial charge in [0.05, 0.1) is 33.9 Å². The minimum Gasteiger partial charge on any atom is -0.420 e. The Kier molecular flexibility index (Phi) is 18.2. The van der Waals surface area contributed by atoms with Crippen LogP contribution in [0.4, 0.5) is 22.7 Å². The quantitative estimate of drug-likeness (QED) is 0.0337. The Balaban J connectivity index is 1.38. The second-order valence-electron chi connectivity index (χ2n) is 16.5. The van der Waals surface area contributed by atoms with Crippen LogP contribution < -0.4 is 29.9 Å². The highest BCUT2D eigenvalue weighted by atomic mass is 32.2. The summed E-state index contributed by atoms with van der Waals surface area (Å²) < 4.78 is 12.5. The van der Waals surface area contributed by atoms with Crippen LogP contribution in [0.15, 0.2) is 105 Å². The molecule has 4 aromatic carbocycles. The molecule has 2 aliphatic rings. The molecule has 2 amide bonds. The van der Waals surface area contributed by atoms with E-state index in [9.17, 15) is 19.2 Å². The summed E-state index contributed by atoms with van der Waals surface area (Å²) in [6.45, 7) is 22.7. The van der Waals surface area contributed by atoms with E-state index >= 15 is 0 Å². The van der Waals surface area contributed by atoms with Gasteiger partial charge in [-0.15, -0.1) is 0 Å². The molecule has 0 bridgehead atoms. The van der Waals surface area contributed by atoms with Gasteiger partial charge in [0.15, 0.2) is 11.5 Å². The predicted molar refractivity (Wildman–Crippen MR) is 268 cm³/mol. The van der Waals surface area contributed by atoms with Gasteiger partial charge in [0, 0.05) is 70.0 Å². The molecule has 14 heteroatoms. The van der Waals surface area contributed by atoms with Crippen LogP contribution in [0.25, 0.3) is 0 Å². The maximum Gasteiger partial charge on any atom is 0.336 e. The molecule has 2 N–H and O–H groups in total. The number of benzene rings is 4. The van der Waals surface area contributed by atoms with Gasteiger partial charge >= 0.3 is 11.9 Å². The topological polar surface area (TPSA) is 124 Å². The third-order valence-electron chi connectivity index (χ3n) is 12.0. The van der Waals surface area contributed by atoms with Crippen molar-refractivity contribution in [1.82, 2.24) is 20.4 Å². The predicted octanol–water partition coefficient (Wildman–Crippen LogP) is 10.5.